The van der Waals surface area contributed by atoms with Gasteiger partial charge in [-0.05, 0) is 25.0 Å². The standard InChI is InChI=1S/C16H17N3O3S2/c1-10-4-3-5-11(2)15(10)19-12-8-24(21,22)9-13(12)23-16(19)18-14(20)6-7-17/h3-5,12-13H,6,8-9H2,1-2H3/t12-,13-/m0/s1. The van der Waals surface area contributed by atoms with Crippen molar-refractivity contribution in [1.29, 1.82) is 5.26 Å². The highest BCUT2D eigenvalue weighted by Gasteiger charge is 2.49. The molecule has 24 heavy (non-hydrogen) atoms. The Hall–Kier alpha value is -1.85. The van der Waals surface area contributed by atoms with E-state index in [1.54, 1.807) is 6.07 Å². The molecule has 1 aromatic carbocycles. The zero-order chi connectivity index (χ0) is 17.5. The second-order valence-electron chi connectivity index (χ2n) is 6.03. The fourth-order valence-corrected chi connectivity index (χ4v) is 7.14. The van der Waals surface area contributed by atoms with Crippen LogP contribution in [0, 0.1) is 25.2 Å². The summed E-state index contributed by atoms with van der Waals surface area (Å²) in [6.07, 6.45) is -0.279. The molecule has 2 aliphatic heterocycles. The summed E-state index contributed by atoms with van der Waals surface area (Å²) in [6, 6.07) is 7.43. The third-order valence-electron chi connectivity index (χ3n) is 4.20. The quantitative estimate of drug-likeness (QED) is 0.796. The maximum atomic E-state index is 12.0. The molecule has 0 aliphatic carbocycles. The van der Waals surface area contributed by atoms with Crippen molar-refractivity contribution in [3.63, 3.8) is 0 Å². The molecule has 1 amide bonds. The number of sulfone groups is 1. The molecule has 3 rings (SSSR count). The van der Waals surface area contributed by atoms with Crippen molar-refractivity contribution in [2.45, 2.75) is 31.6 Å². The third kappa shape index (κ3) is 3.06. The highest BCUT2D eigenvalue weighted by atomic mass is 32.2. The molecule has 2 atom stereocenters. The Morgan fingerprint density at radius 3 is 2.67 bits per heavy atom. The Labute approximate surface area is 145 Å². The number of fused-ring (bicyclic) bond motifs is 1. The first kappa shape index (κ1) is 17.0. The van der Waals surface area contributed by atoms with Crippen molar-refractivity contribution >= 4 is 38.4 Å². The van der Waals surface area contributed by atoms with Crippen LogP contribution in [0.2, 0.25) is 0 Å². The SMILES string of the molecule is Cc1cccc(C)c1N1C(=NC(=O)CC#N)S[C@H]2CS(=O)(=O)C[C@@H]21. The normalized spacial score (nSPS) is 26.4. The van der Waals surface area contributed by atoms with E-state index >= 15 is 0 Å². The van der Waals surface area contributed by atoms with Gasteiger partial charge in [0.2, 0.25) is 0 Å². The van der Waals surface area contributed by atoms with Gasteiger partial charge in [-0.15, -0.1) is 0 Å². The number of aryl methyl sites for hydroxylation is 2. The Morgan fingerprint density at radius 2 is 2.04 bits per heavy atom. The van der Waals surface area contributed by atoms with Gasteiger partial charge in [0, 0.05) is 10.9 Å². The third-order valence-corrected chi connectivity index (χ3v) is 7.41. The topological polar surface area (TPSA) is 90.6 Å². The van der Waals surface area contributed by atoms with Crippen molar-refractivity contribution in [3.8, 4) is 6.07 Å². The average Bonchev–Trinajstić information content (AvgIpc) is 2.92. The van der Waals surface area contributed by atoms with Gasteiger partial charge in [0.15, 0.2) is 15.0 Å². The number of carbonyl (C=O) groups excluding carboxylic acids is 1. The number of aliphatic imine (C=N–C) groups is 1. The molecule has 126 valence electrons. The lowest BCUT2D eigenvalue weighted by molar-refractivity contribution is -0.116. The van der Waals surface area contributed by atoms with Crippen LogP contribution in [-0.2, 0) is 14.6 Å². The van der Waals surface area contributed by atoms with E-state index in [9.17, 15) is 13.2 Å². The lowest BCUT2D eigenvalue weighted by Gasteiger charge is -2.27. The molecular formula is C16H17N3O3S2. The van der Waals surface area contributed by atoms with Crippen LogP contribution in [0.25, 0.3) is 0 Å². The minimum absolute atomic E-state index is 0.0594. The number of amides is 1. The Kier molecular flexibility index (Phi) is 4.40. The van der Waals surface area contributed by atoms with Crippen molar-refractivity contribution in [1.82, 2.24) is 0 Å². The molecule has 0 N–H and O–H groups in total. The molecule has 6 nitrogen and oxygen atoms in total. The van der Waals surface area contributed by atoms with E-state index in [1.165, 1.54) is 11.8 Å². The van der Waals surface area contributed by atoms with Gasteiger partial charge >= 0.3 is 0 Å². The lowest BCUT2D eigenvalue weighted by Crippen LogP contribution is -2.38. The van der Waals surface area contributed by atoms with Crippen LogP contribution in [0.4, 0.5) is 5.69 Å². The van der Waals surface area contributed by atoms with E-state index < -0.39 is 15.7 Å². The molecule has 0 spiro atoms. The maximum absolute atomic E-state index is 12.0. The summed E-state index contributed by atoms with van der Waals surface area (Å²) in [7, 11) is -3.09. The fraction of sp³-hybridized carbons (Fsp3) is 0.438. The summed E-state index contributed by atoms with van der Waals surface area (Å²) < 4.78 is 24.1. The predicted octanol–water partition coefficient (Wildman–Crippen LogP) is 1.82. The number of thioether (sulfide) groups is 1. The zero-order valence-electron chi connectivity index (χ0n) is 13.4. The number of rotatable bonds is 2. The fourth-order valence-electron chi connectivity index (χ4n) is 3.23. The predicted molar refractivity (Wildman–Crippen MR) is 94.9 cm³/mol. The van der Waals surface area contributed by atoms with Crippen LogP contribution >= 0.6 is 11.8 Å². The number of benzene rings is 1. The van der Waals surface area contributed by atoms with Crippen LogP contribution in [0.5, 0.6) is 0 Å². The second-order valence-corrected chi connectivity index (χ2v) is 9.39. The van der Waals surface area contributed by atoms with E-state index in [2.05, 4.69) is 4.99 Å². The Morgan fingerprint density at radius 1 is 1.38 bits per heavy atom. The molecule has 0 radical (unpaired) electrons. The molecule has 0 bridgehead atoms. The highest BCUT2D eigenvalue weighted by molar-refractivity contribution is 8.16. The maximum Gasteiger partial charge on any atom is 0.262 e. The summed E-state index contributed by atoms with van der Waals surface area (Å²) in [5.41, 5.74) is 2.90. The summed E-state index contributed by atoms with van der Waals surface area (Å²) in [6.45, 7) is 3.91. The molecule has 0 unspecified atom stereocenters. The van der Waals surface area contributed by atoms with Crippen LogP contribution in [-0.4, -0.2) is 42.3 Å². The number of hydrogen-bond donors (Lipinski definition) is 0. The van der Waals surface area contributed by atoms with Crippen LogP contribution in [0.3, 0.4) is 0 Å². The van der Waals surface area contributed by atoms with Crippen molar-refractivity contribution in [2.24, 2.45) is 4.99 Å². The van der Waals surface area contributed by atoms with Crippen LogP contribution in [0.1, 0.15) is 17.5 Å². The van der Waals surface area contributed by atoms with E-state index in [0.717, 1.165) is 16.8 Å². The summed E-state index contributed by atoms with van der Waals surface area (Å²) in [5, 5.41) is 9.03. The minimum atomic E-state index is -3.09. The molecule has 8 heteroatoms. The first-order valence-electron chi connectivity index (χ1n) is 7.53. The van der Waals surface area contributed by atoms with Gasteiger partial charge in [0.05, 0.1) is 23.6 Å². The van der Waals surface area contributed by atoms with Gasteiger partial charge in [0.25, 0.3) is 5.91 Å². The lowest BCUT2D eigenvalue weighted by atomic mass is 10.1. The Bertz CT molecular complexity index is 851. The van der Waals surface area contributed by atoms with Gasteiger partial charge in [-0.3, -0.25) is 4.79 Å². The molecule has 2 heterocycles. The molecule has 2 fully saturated rings. The minimum Gasteiger partial charge on any atom is -0.315 e. The smallest absolute Gasteiger partial charge is 0.262 e. The van der Waals surface area contributed by atoms with E-state index in [-0.39, 0.29) is 29.2 Å². The van der Waals surface area contributed by atoms with Crippen molar-refractivity contribution in [3.05, 3.63) is 29.3 Å². The number of anilines is 1. The van der Waals surface area contributed by atoms with Gasteiger partial charge in [-0.1, -0.05) is 30.0 Å². The number of nitrogens with zero attached hydrogens (tertiary/aromatic N) is 3. The van der Waals surface area contributed by atoms with Gasteiger partial charge in [0.1, 0.15) is 6.42 Å². The largest absolute Gasteiger partial charge is 0.315 e. The monoisotopic (exact) mass is 363 g/mol. The summed E-state index contributed by atoms with van der Waals surface area (Å²) >= 11 is 1.32. The molecule has 2 saturated heterocycles. The first-order chi connectivity index (χ1) is 11.3. The number of hydrogen-bond acceptors (Lipinski definition) is 5. The van der Waals surface area contributed by atoms with E-state index in [4.69, 9.17) is 5.26 Å². The highest BCUT2D eigenvalue weighted by Crippen LogP contribution is 2.43. The number of carbonyl (C=O) groups is 1. The summed E-state index contributed by atoms with van der Waals surface area (Å²) in [4.78, 5) is 17.8. The molecule has 1 aromatic rings. The van der Waals surface area contributed by atoms with E-state index in [1.807, 2.05) is 36.9 Å². The van der Waals surface area contributed by atoms with Gasteiger partial charge in [-0.25, -0.2) is 8.42 Å². The van der Waals surface area contributed by atoms with Crippen molar-refractivity contribution in [2.75, 3.05) is 16.4 Å². The van der Waals surface area contributed by atoms with Crippen molar-refractivity contribution < 1.29 is 13.2 Å². The van der Waals surface area contributed by atoms with Gasteiger partial charge in [-0.2, -0.15) is 10.3 Å². The molecule has 0 saturated carbocycles. The second kappa shape index (κ2) is 6.22. The summed E-state index contributed by atoms with van der Waals surface area (Å²) in [5.74, 6) is -0.349. The van der Waals surface area contributed by atoms with Crippen LogP contribution in [0.15, 0.2) is 23.2 Å². The van der Waals surface area contributed by atoms with Crippen LogP contribution < -0.4 is 4.90 Å². The number of nitriles is 1. The Balaban J connectivity index is 2.09. The zero-order valence-corrected chi connectivity index (χ0v) is 15.0. The number of amidine groups is 1. The average molecular weight is 363 g/mol. The van der Waals surface area contributed by atoms with Gasteiger partial charge < -0.3 is 4.90 Å². The van der Waals surface area contributed by atoms with E-state index in [0.29, 0.717) is 5.17 Å². The first-order valence-corrected chi connectivity index (χ1v) is 10.2. The molecule has 2 aliphatic rings. The molecule has 0 aromatic heterocycles. The number of para-hydroxylation sites is 1. The molecular weight excluding hydrogens is 346 g/mol.